The highest BCUT2D eigenvalue weighted by Crippen LogP contribution is 2.20. The molecular weight excluding hydrogens is 266 g/mol. The second kappa shape index (κ2) is 5.93. The van der Waals surface area contributed by atoms with E-state index in [1.165, 1.54) is 0 Å². The first-order valence-corrected chi connectivity index (χ1v) is 6.21. The van der Waals surface area contributed by atoms with Crippen molar-refractivity contribution in [1.29, 1.82) is 0 Å². The molecule has 6 heteroatoms. The lowest BCUT2D eigenvalue weighted by Crippen LogP contribution is -2.43. The first kappa shape index (κ1) is 15.3. The highest BCUT2D eigenvalue weighted by molar-refractivity contribution is 6.31. The number of rotatable bonds is 4. The monoisotopic (exact) mass is 283 g/mol. The second-order valence-corrected chi connectivity index (χ2v) is 5.43. The lowest BCUT2D eigenvalue weighted by molar-refractivity contribution is -0.125. The molecule has 0 saturated carbocycles. The Bertz CT molecular complexity index is 501. The van der Waals surface area contributed by atoms with Crippen LogP contribution in [0.15, 0.2) is 18.2 Å². The van der Waals surface area contributed by atoms with Crippen LogP contribution in [0.1, 0.15) is 19.4 Å². The smallest absolute Gasteiger partial charge is 0.319 e. The molecule has 5 nitrogen and oxygen atoms in total. The predicted molar refractivity (Wildman–Crippen MR) is 76.2 cm³/mol. The molecule has 0 bridgehead atoms. The Morgan fingerprint density at radius 3 is 2.53 bits per heavy atom. The zero-order chi connectivity index (χ0) is 14.6. The lowest BCUT2D eigenvalue weighted by atomic mass is 9.93. The van der Waals surface area contributed by atoms with Gasteiger partial charge in [0.25, 0.3) is 0 Å². The van der Waals surface area contributed by atoms with Gasteiger partial charge in [-0.05, 0) is 38.5 Å². The standard InChI is InChI=1S/C13H18ClN3O2/c1-8-4-5-9(6-10(8)14)17-12(19)16-7-13(2,3)11(15)18/h4-6H,7H2,1-3H3,(H2,15,18)(H2,16,17,19). The van der Waals surface area contributed by atoms with Crippen LogP contribution >= 0.6 is 11.6 Å². The van der Waals surface area contributed by atoms with Crippen LogP contribution in [0.25, 0.3) is 0 Å². The van der Waals surface area contributed by atoms with Crippen molar-refractivity contribution in [2.45, 2.75) is 20.8 Å². The zero-order valence-electron chi connectivity index (χ0n) is 11.2. The Hall–Kier alpha value is -1.75. The maximum Gasteiger partial charge on any atom is 0.319 e. The van der Waals surface area contributed by atoms with Gasteiger partial charge < -0.3 is 16.4 Å². The first-order valence-electron chi connectivity index (χ1n) is 5.83. The Morgan fingerprint density at radius 2 is 2.00 bits per heavy atom. The Kier molecular flexibility index (Phi) is 4.78. The minimum absolute atomic E-state index is 0.160. The number of primary amides is 1. The molecule has 0 spiro atoms. The summed E-state index contributed by atoms with van der Waals surface area (Å²) >= 11 is 5.96. The SMILES string of the molecule is Cc1ccc(NC(=O)NCC(C)(C)C(N)=O)cc1Cl. The number of carbonyl (C=O) groups is 2. The first-order chi connectivity index (χ1) is 8.72. The van der Waals surface area contributed by atoms with Gasteiger partial charge in [0, 0.05) is 17.3 Å². The molecule has 0 fully saturated rings. The normalized spacial score (nSPS) is 10.9. The number of amides is 3. The Morgan fingerprint density at radius 1 is 1.37 bits per heavy atom. The third-order valence-corrected chi connectivity index (χ3v) is 3.19. The minimum atomic E-state index is -0.789. The Balaban J connectivity index is 2.56. The molecule has 0 heterocycles. The predicted octanol–water partition coefficient (Wildman–Crippen LogP) is 2.28. The van der Waals surface area contributed by atoms with Gasteiger partial charge in [-0.15, -0.1) is 0 Å². The van der Waals surface area contributed by atoms with Crippen LogP contribution < -0.4 is 16.4 Å². The van der Waals surface area contributed by atoms with E-state index in [4.69, 9.17) is 17.3 Å². The van der Waals surface area contributed by atoms with Crippen LogP contribution in [0, 0.1) is 12.3 Å². The Labute approximate surface area is 117 Å². The number of halogens is 1. The average Bonchev–Trinajstić information content (AvgIpc) is 2.31. The van der Waals surface area contributed by atoms with Crippen molar-refractivity contribution in [3.05, 3.63) is 28.8 Å². The minimum Gasteiger partial charge on any atom is -0.369 e. The number of aryl methyl sites for hydroxylation is 1. The molecule has 0 saturated heterocycles. The third kappa shape index (κ3) is 4.44. The van der Waals surface area contributed by atoms with Gasteiger partial charge >= 0.3 is 6.03 Å². The van der Waals surface area contributed by atoms with Crippen molar-refractivity contribution in [2.24, 2.45) is 11.1 Å². The zero-order valence-corrected chi connectivity index (χ0v) is 12.0. The largest absolute Gasteiger partial charge is 0.369 e. The van der Waals surface area contributed by atoms with Gasteiger partial charge in [0.1, 0.15) is 0 Å². The number of carbonyl (C=O) groups excluding carboxylic acids is 2. The van der Waals surface area contributed by atoms with E-state index in [2.05, 4.69) is 10.6 Å². The number of urea groups is 1. The van der Waals surface area contributed by atoms with Gasteiger partial charge in [-0.2, -0.15) is 0 Å². The van der Waals surface area contributed by atoms with Gasteiger partial charge in [0.15, 0.2) is 0 Å². The lowest BCUT2D eigenvalue weighted by Gasteiger charge is -2.20. The number of nitrogens with one attached hydrogen (secondary N) is 2. The maximum absolute atomic E-state index is 11.7. The summed E-state index contributed by atoms with van der Waals surface area (Å²) in [6.45, 7) is 5.37. The van der Waals surface area contributed by atoms with Gasteiger partial charge in [-0.25, -0.2) is 4.79 Å². The molecule has 104 valence electrons. The summed E-state index contributed by atoms with van der Waals surface area (Å²) in [6, 6.07) is 4.82. The molecule has 0 aromatic heterocycles. The molecule has 0 aliphatic rings. The number of nitrogens with two attached hydrogens (primary N) is 1. The van der Waals surface area contributed by atoms with E-state index in [0.717, 1.165) is 5.56 Å². The van der Waals surface area contributed by atoms with Crippen LogP contribution in [0.2, 0.25) is 5.02 Å². The quantitative estimate of drug-likeness (QED) is 0.792. The summed E-state index contributed by atoms with van der Waals surface area (Å²) in [6.07, 6.45) is 0. The summed E-state index contributed by atoms with van der Waals surface area (Å²) in [7, 11) is 0. The molecule has 1 aromatic carbocycles. The fourth-order valence-corrected chi connectivity index (χ4v) is 1.41. The van der Waals surface area contributed by atoms with Gasteiger partial charge in [0.2, 0.25) is 5.91 Å². The van der Waals surface area contributed by atoms with Crippen LogP contribution in [0.5, 0.6) is 0 Å². The highest BCUT2D eigenvalue weighted by Gasteiger charge is 2.25. The van der Waals surface area contributed by atoms with Crippen molar-refractivity contribution >= 4 is 29.2 Å². The molecule has 0 aliphatic heterocycles. The van der Waals surface area contributed by atoms with Crippen molar-refractivity contribution in [1.82, 2.24) is 5.32 Å². The molecule has 3 amide bonds. The van der Waals surface area contributed by atoms with E-state index in [0.29, 0.717) is 10.7 Å². The van der Waals surface area contributed by atoms with Crippen LogP contribution in [0.3, 0.4) is 0 Å². The number of hydrogen-bond donors (Lipinski definition) is 3. The van der Waals surface area contributed by atoms with Crippen LogP contribution in [-0.4, -0.2) is 18.5 Å². The molecule has 19 heavy (non-hydrogen) atoms. The van der Waals surface area contributed by atoms with Gasteiger partial charge in [-0.1, -0.05) is 17.7 Å². The van der Waals surface area contributed by atoms with E-state index in [1.807, 2.05) is 13.0 Å². The number of hydrogen-bond acceptors (Lipinski definition) is 2. The second-order valence-electron chi connectivity index (χ2n) is 5.02. The number of anilines is 1. The van der Waals surface area contributed by atoms with E-state index < -0.39 is 17.4 Å². The molecular formula is C13H18ClN3O2. The van der Waals surface area contributed by atoms with E-state index in [-0.39, 0.29) is 6.54 Å². The average molecular weight is 284 g/mol. The summed E-state index contributed by atoms with van der Waals surface area (Å²) in [5, 5.41) is 5.81. The molecule has 4 N–H and O–H groups in total. The maximum atomic E-state index is 11.7. The fraction of sp³-hybridized carbons (Fsp3) is 0.385. The van der Waals surface area contributed by atoms with Gasteiger partial charge in [-0.3, -0.25) is 4.79 Å². The summed E-state index contributed by atoms with van der Waals surface area (Å²) in [4.78, 5) is 22.8. The highest BCUT2D eigenvalue weighted by atomic mass is 35.5. The van der Waals surface area contributed by atoms with E-state index in [9.17, 15) is 9.59 Å². The van der Waals surface area contributed by atoms with Crippen LogP contribution in [0.4, 0.5) is 10.5 Å². The van der Waals surface area contributed by atoms with Gasteiger partial charge in [0.05, 0.1) is 5.41 Å². The topological polar surface area (TPSA) is 84.2 Å². The van der Waals surface area contributed by atoms with Crippen molar-refractivity contribution in [3.8, 4) is 0 Å². The molecule has 1 aromatic rings. The summed E-state index contributed by atoms with van der Waals surface area (Å²) < 4.78 is 0. The van der Waals surface area contributed by atoms with Crippen molar-refractivity contribution < 1.29 is 9.59 Å². The van der Waals surface area contributed by atoms with Crippen LogP contribution in [-0.2, 0) is 4.79 Å². The molecule has 0 radical (unpaired) electrons. The number of benzene rings is 1. The molecule has 0 unspecified atom stereocenters. The molecule has 0 aliphatic carbocycles. The van der Waals surface area contributed by atoms with E-state index in [1.54, 1.807) is 26.0 Å². The molecule has 1 rings (SSSR count). The van der Waals surface area contributed by atoms with Crippen molar-refractivity contribution in [3.63, 3.8) is 0 Å². The third-order valence-electron chi connectivity index (χ3n) is 2.79. The van der Waals surface area contributed by atoms with Crippen molar-refractivity contribution in [2.75, 3.05) is 11.9 Å². The summed E-state index contributed by atoms with van der Waals surface area (Å²) in [5.74, 6) is -0.466. The van der Waals surface area contributed by atoms with E-state index >= 15 is 0 Å². The fourth-order valence-electron chi connectivity index (χ4n) is 1.23. The summed E-state index contributed by atoms with van der Waals surface area (Å²) in [5.41, 5.74) is 5.95. The molecule has 0 atom stereocenters.